The standard InChI is InChI=1S/C20H30N4O2/c25-19-15-17(16-24(19)18-9-4-3-5-10-18)22-20(26)21-11-8-14-23-12-6-1-2-7-13-23/h3-5,9-10,17H,1-2,6-8,11-16H2,(H2,21,22,26)/p+1/t17-/m1/s1. The van der Waals surface area contributed by atoms with Crippen LogP contribution in [0.5, 0.6) is 0 Å². The number of quaternary nitrogens is 1. The first kappa shape index (κ1) is 18.7. The molecule has 1 aromatic carbocycles. The van der Waals surface area contributed by atoms with Gasteiger partial charge < -0.3 is 20.4 Å². The second kappa shape index (κ2) is 9.57. The van der Waals surface area contributed by atoms with E-state index in [2.05, 4.69) is 10.6 Å². The zero-order chi connectivity index (χ0) is 18.2. The molecular weight excluding hydrogens is 328 g/mol. The molecule has 0 radical (unpaired) electrons. The van der Waals surface area contributed by atoms with Crippen molar-refractivity contribution in [3.8, 4) is 0 Å². The van der Waals surface area contributed by atoms with E-state index in [-0.39, 0.29) is 18.0 Å². The summed E-state index contributed by atoms with van der Waals surface area (Å²) in [6.45, 7) is 4.90. The molecule has 6 heteroatoms. The third-order valence-electron chi connectivity index (χ3n) is 5.33. The van der Waals surface area contributed by atoms with Crippen LogP contribution in [0.15, 0.2) is 30.3 Å². The summed E-state index contributed by atoms with van der Waals surface area (Å²) in [6.07, 6.45) is 6.75. The predicted molar refractivity (Wildman–Crippen MR) is 102 cm³/mol. The van der Waals surface area contributed by atoms with Crippen molar-refractivity contribution in [3.05, 3.63) is 30.3 Å². The molecule has 6 nitrogen and oxygen atoms in total. The van der Waals surface area contributed by atoms with E-state index in [0.29, 0.717) is 19.5 Å². The molecule has 3 rings (SSSR count). The molecule has 2 heterocycles. The first-order valence-electron chi connectivity index (χ1n) is 9.96. The molecule has 0 aromatic heterocycles. The van der Waals surface area contributed by atoms with Crippen LogP contribution in [-0.4, -0.2) is 50.7 Å². The first-order valence-corrected chi connectivity index (χ1v) is 9.96. The minimum absolute atomic E-state index is 0.0614. The highest BCUT2D eigenvalue weighted by Gasteiger charge is 2.31. The molecule has 3 amide bonds. The highest BCUT2D eigenvalue weighted by atomic mass is 16.2. The summed E-state index contributed by atoms with van der Waals surface area (Å²) in [6, 6.07) is 9.32. The average molecular weight is 359 g/mol. The molecule has 142 valence electrons. The lowest BCUT2D eigenvalue weighted by Crippen LogP contribution is -3.11. The van der Waals surface area contributed by atoms with Gasteiger partial charge in [0.05, 0.1) is 25.7 Å². The highest BCUT2D eigenvalue weighted by molar-refractivity contribution is 5.96. The Bertz CT molecular complexity index is 585. The highest BCUT2D eigenvalue weighted by Crippen LogP contribution is 2.20. The smallest absolute Gasteiger partial charge is 0.315 e. The van der Waals surface area contributed by atoms with E-state index < -0.39 is 0 Å². The topological polar surface area (TPSA) is 65.9 Å². The van der Waals surface area contributed by atoms with Crippen molar-refractivity contribution in [1.82, 2.24) is 10.6 Å². The van der Waals surface area contributed by atoms with Crippen LogP contribution in [0, 0.1) is 0 Å². The van der Waals surface area contributed by atoms with E-state index in [1.54, 1.807) is 9.80 Å². The Hall–Kier alpha value is -2.08. The molecule has 0 aliphatic carbocycles. The Morgan fingerprint density at radius 3 is 2.58 bits per heavy atom. The van der Waals surface area contributed by atoms with Crippen LogP contribution in [0.25, 0.3) is 0 Å². The van der Waals surface area contributed by atoms with E-state index in [0.717, 1.165) is 18.7 Å². The number of para-hydroxylation sites is 1. The molecule has 2 saturated heterocycles. The van der Waals surface area contributed by atoms with E-state index in [1.165, 1.54) is 38.8 Å². The van der Waals surface area contributed by atoms with Crippen molar-refractivity contribution in [1.29, 1.82) is 0 Å². The number of hydrogen-bond acceptors (Lipinski definition) is 2. The average Bonchev–Trinajstić information content (AvgIpc) is 2.84. The number of benzene rings is 1. The molecule has 3 N–H and O–H groups in total. The molecule has 26 heavy (non-hydrogen) atoms. The van der Waals surface area contributed by atoms with Crippen molar-refractivity contribution in [2.75, 3.05) is 37.6 Å². The first-order chi connectivity index (χ1) is 12.7. The van der Waals surface area contributed by atoms with Gasteiger partial charge >= 0.3 is 6.03 Å². The van der Waals surface area contributed by atoms with Gasteiger partial charge in [-0.1, -0.05) is 18.2 Å². The fourth-order valence-electron chi connectivity index (χ4n) is 3.92. The lowest BCUT2D eigenvalue weighted by molar-refractivity contribution is -0.899. The number of likely N-dealkylation sites (tertiary alicyclic amines) is 1. The van der Waals surface area contributed by atoms with E-state index >= 15 is 0 Å². The molecule has 0 unspecified atom stereocenters. The zero-order valence-corrected chi connectivity index (χ0v) is 15.5. The SMILES string of the molecule is O=C(NCCC[NH+]1CCCCCC1)N[C@@H]1CC(=O)N(c2ccccc2)C1. The maximum absolute atomic E-state index is 12.2. The minimum Gasteiger partial charge on any atom is -0.338 e. The van der Waals surface area contributed by atoms with Crippen LogP contribution in [0.4, 0.5) is 10.5 Å². The Morgan fingerprint density at radius 1 is 1.12 bits per heavy atom. The van der Waals surface area contributed by atoms with Crippen molar-refractivity contribution < 1.29 is 14.5 Å². The summed E-state index contributed by atoms with van der Waals surface area (Å²) in [5.74, 6) is 0.0614. The summed E-state index contributed by atoms with van der Waals surface area (Å²) in [7, 11) is 0. The van der Waals surface area contributed by atoms with Crippen LogP contribution < -0.4 is 20.4 Å². The minimum atomic E-state index is -0.163. The predicted octanol–water partition coefficient (Wildman–Crippen LogP) is 0.940. The number of carbonyl (C=O) groups excluding carboxylic acids is 2. The Morgan fingerprint density at radius 2 is 1.85 bits per heavy atom. The number of nitrogens with one attached hydrogen (secondary N) is 3. The second-order valence-corrected chi connectivity index (χ2v) is 7.41. The van der Waals surface area contributed by atoms with Crippen molar-refractivity contribution in [2.45, 2.75) is 44.6 Å². The van der Waals surface area contributed by atoms with Gasteiger partial charge in [0.2, 0.25) is 5.91 Å². The molecule has 0 bridgehead atoms. The summed E-state index contributed by atoms with van der Waals surface area (Å²) in [5, 5.41) is 5.88. The molecule has 2 aliphatic rings. The van der Waals surface area contributed by atoms with Gasteiger partial charge in [-0.25, -0.2) is 4.79 Å². The normalized spacial score (nSPS) is 21.5. The van der Waals surface area contributed by atoms with Gasteiger partial charge in [0, 0.05) is 31.6 Å². The number of anilines is 1. The molecular formula is C20H31N4O2+. The maximum Gasteiger partial charge on any atom is 0.315 e. The number of rotatable bonds is 6. The molecule has 2 aliphatic heterocycles. The number of amides is 3. The second-order valence-electron chi connectivity index (χ2n) is 7.41. The summed E-state index contributed by atoms with van der Waals surface area (Å²) in [4.78, 5) is 27.7. The van der Waals surface area contributed by atoms with E-state index in [4.69, 9.17) is 0 Å². The number of nitrogens with zero attached hydrogens (tertiary/aromatic N) is 1. The van der Waals surface area contributed by atoms with Crippen LogP contribution >= 0.6 is 0 Å². The van der Waals surface area contributed by atoms with Crippen molar-refractivity contribution in [3.63, 3.8) is 0 Å². The fourth-order valence-corrected chi connectivity index (χ4v) is 3.92. The van der Waals surface area contributed by atoms with Crippen molar-refractivity contribution >= 4 is 17.6 Å². The van der Waals surface area contributed by atoms with Crippen LogP contribution in [0.3, 0.4) is 0 Å². The van der Waals surface area contributed by atoms with Crippen LogP contribution in [-0.2, 0) is 4.79 Å². The third kappa shape index (κ3) is 5.46. The van der Waals surface area contributed by atoms with Gasteiger partial charge in [-0.3, -0.25) is 4.79 Å². The lowest BCUT2D eigenvalue weighted by atomic mass is 10.2. The van der Waals surface area contributed by atoms with Gasteiger partial charge in [-0.15, -0.1) is 0 Å². The largest absolute Gasteiger partial charge is 0.338 e. The van der Waals surface area contributed by atoms with Gasteiger partial charge in [0.1, 0.15) is 0 Å². The van der Waals surface area contributed by atoms with Gasteiger partial charge in [-0.2, -0.15) is 0 Å². The van der Waals surface area contributed by atoms with Crippen LogP contribution in [0.1, 0.15) is 38.5 Å². The maximum atomic E-state index is 12.2. The Kier molecular flexibility index (Phi) is 6.89. The van der Waals surface area contributed by atoms with E-state index in [9.17, 15) is 9.59 Å². The molecule has 1 aromatic rings. The van der Waals surface area contributed by atoms with Gasteiger partial charge in [-0.05, 0) is 37.8 Å². The summed E-state index contributed by atoms with van der Waals surface area (Å²) >= 11 is 0. The third-order valence-corrected chi connectivity index (χ3v) is 5.33. The van der Waals surface area contributed by atoms with Crippen molar-refractivity contribution in [2.24, 2.45) is 0 Å². The number of hydrogen-bond donors (Lipinski definition) is 3. The Balaban J connectivity index is 1.34. The molecule has 1 atom stereocenters. The van der Waals surface area contributed by atoms with Gasteiger partial charge in [0.25, 0.3) is 0 Å². The van der Waals surface area contributed by atoms with E-state index in [1.807, 2.05) is 30.3 Å². The quantitative estimate of drug-likeness (QED) is 0.662. The number of carbonyl (C=O) groups is 2. The van der Waals surface area contributed by atoms with Crippen LogP contribution in [0.2, 0.25) is 0 Å². The number of urea groups is 1. The molecule has 0 saturated carbocycles. The summed E-state index contributed by atoms with van der Waals surface area (Å²) < 4.78 is 0. The Labute approximate surface area is 155 Å². The fraction of sp³-hybridized carbons (Fsp3) is 0.600. The summed E-state index contributed by atoms with van der Waals surface area (Å²) in [5.41, 5.74) is 0.891. The zero-order valence-electron chi connectivity index (χ0n) is 15.5. The molecule has 0 spiro atoms. The molecule has 2 fully saturated rings. The monoisotopic (exact) mass is 359 g/mol. The van der Waals surface area contributed by atoms with Gasteiger partial charge in [0.15, 0.2) is 0 Å². The lowest BCUT2D eigenvalue weighted by Gasteiger charge is -2.18.